The molecule has 0 fully saturated rings. The maximum Gasteiger partial charge on any atom is 0.238 e. The van der Waals surface area contributed by atoms with E-state index in [0.717, 1.165) is 10.5 Å². The molecule has 2 aromatic rings. The van der Waals surface area contributed by atoms with Crippen LogP contribution in [0.1, 0.15) is 10.8 Å². The van der Waals surface area contributed by atoms with Crippen LogP contribution in [0.3, 0.4) is 0 Å². The molecule has 0 saturated heterocycles. The maximum atomic E-state index is 12.3. The van der Waals surface area contributed by atoms with Gasteiger partial charge in [0.1, 0.15) is 5.25 Å². The fourth-order valence-electron chi connectivity index (χ4n) is 1.80. The van der Waals surface area contributed by atoms with E-state index in [2.05, 4.69) is 11.9 Å². The van der Waals surface area contributed by atoms with Gasteiger partial charge in [-0.05, 0) is 17.7 Å². The summed E-state index contributed by atoms with van der Waals surface area (Å²) in [5, 5.41) is 2.62. The zero-order chi connectivity index (χ0) is 14.2. The monoisotopic (exact) mass is 283 g/mol. The summed E-state index contributed by atoms with van der Waals surface area (Å²) < 4.78 is 0. The van der Waals surface area contributed by atoms with E-state index in [1.165, 1.54) is 0 Å². The summed E-state index contributed by atoms with van der Waals surface area (Å²) in [7, 11) is 0. The van der Waals surface area contributed by atoms with Gasteiger partial charge in [0.25, 0.3) is 0 Å². The summed E-state index contributed by atoms with van der Waals surface area (Å²) in [6.45, 7) is 4.11. The average Bonchev–Trinajstić information content (AvgIpc) is 2.52. The van der Waals surface area contributed by atoms with E-state index < -0.39 is 0 Å². The molecule has 3 heteroatoms. The molecule has 0 spiro atoms. The van der Waals surface area contributed by atoms with Crippen molar-refractivity contribution in [3.63, 3.8) is 0 Å². The van der Waals surface area contributed by atoms with Gasteiger partial charge < -0.3 is 5.32 Å². The van der Waals surface area contributed by atoms with Gasteiger partial charge >= 0.3 is 0 Å². The number of hydrogen-bond acceptors (Lipinski definition) is 2. The predicted molar refractivity (Wildman–Crippen MR) is 84.7 cm³/mol. The van der Waals surface area contributed by atoms with Crippen molar-refractivity contribution in [1.29, 1.82) is 0 Å². The quantitative estimate of drug-likeness (QED) is 0.645. The Balaban J connectivity index is 2.20. The molecule has 2 aromatic carbocycles. The molecule has 0 heterocycles. The maximum absolute atomic E-state index is 12.3. The average molecular weight is 283 g/mol. The Morgan fingerprint density at radius 2 is 1.70 bits per heavy atom. The first-order valence-electron chi connectivity index (χ1n) is 6.46. The van der Waals surface area contributed by atoms with Gasteiger partial charge in [0.2, 0.25) is 5.91 Å². The number of benzene rings is 2. The molecular formula is C17H17NOS. The smallest absolute Gasteiger partial charge is 0.238 e. The molecule has 20 heavy (non-hydrogen) atoms. The van der Waals surface area contributed by atoms with E-state index in [9.17, 15) is 4.79 Å². The molecule has 1 unspecified atom stereocenters. The van der Waals surface area contributed by atoms with Crippen molar-refractivity contribution >= 4 is 17.7 Å². The van der Waals surface area contributed by atoms with Crippen molar-refractivity contribution in [3.8, 4) is 0 Å². The molecular weight excluding hydrogens is 266 g/mol. The summed E-state index contributed by atoms with van der Waals surface area (Å²) >= 11 is 1.55. The van der Waals surface area contributed by atoms with E-state index in [1.54, 1.807) is 17.8 Å². The Kier molecular flexibility index (Phi) is 5.44. The number of rotatable bonds is 6. The lowest BCUT2D eigenvalue weighted by Gasteiger charge is -2.16. The van der Waals surface area contributed by atoms with Gasteiger partial charge in [0.05, 0.1) is 0 Å². The Morgan fingerprint density at radius 3 is 2.30 bits per heavy atom. The summed E-state index contributed by atoms with van der Waals surface area (Å²) in [6, 6.07) is 19.8. The van der Waals surface area contributed by atoms with Crippen LogP contribution in [-0.4, -0.2) is 12.5 Å². The molecule has 0 aromatic heterocycles. The van der Waals surface area contributed by atoms with Gasteiger partial charge in [0.15, 0.2) is 0 Å². The molecule has 1 amide bonds. The van der Waals surface area contributed by atoms with E-state index in [-0.39, 0.29) is 11.2 Å². The topological polar surface area (TPSA) is 29.1 Å². The molecule has 2 rings (SSSR count). The summed E-state index contributed by atoms with van der Waals surface area (Å²) in [5.74, 6) is 0.00459. The highest BCUT2D eigenvalue weighted by Crippen LogP contribution is 2.35. The third-order valence-electron chi connectivity index (χ3n) is 2.76. The van der Waals surface area contributed by atoms with Crippen molar-refractivity contribution in [2.45, 2.75) is 10.1 Å². The lowest BCUT2D eigenvalue weighted by molar-refractivity contribution is -0.120. The number of hydrogen-bond donors (Lipinski definition) is 1. The fraction of sp³-hybridized carbons (Fsp3) is 0.118. The van der Waals surface area contributed by atoms with Gasteiger partial charge in [-0.2, -0.15) is 0 Å². The van der Waals surface area contributed by atoms with Crippen LogP contribution in [0.5, 0.6) is 0 Å². The largest absolute Gasteiger partial charge is 0.351 e. The Hall–Kier alpha value is -2.00. The van der Waals surface area contributed by atoms with Gasteiger partial charge in [-0.3, -0.25) is 4.79 Å². The van der Waals surface area contributed by atoms with E-state index >= 15 is 0 Å². The lowest BCUT2D eigenvalue weighted by atomic mass is 10.1. The molecule has 0 aliphatic carbocycles. The third kappa shape index (κ3) is 4.00. The number of nitrogens with one attached hydrogen (secondary N) is 1. The van der Waals surface area contributed by atoms with Crippen LogP contribution in [0.4, 0.5) is 0 Å². The zero-order valence-electron chi connectivity index (χ0n) is 11.2. The lowest BCUT2D eigenvalue weighted by Crippen LogP contribution is -2.27. The Morgan fingerprint density at radius 1 is 1.10 bits per heavy atom. The van der Waals surface area contributed by atoms with Crippen LogP contribution in [0.15, 0.2) is 78.2 Å². The number of thioether (sulfide) groups is 1. The minimum Gasteiger partial charge on any atom is -0.351 e. The van der Waals surface area contributed by atoms with Crippen molar-refractivity contribution in [2.75, 3.05) is 6.54 Å². The second-order valence-electron chi connectivity index (χ2n) is 4.26. The van der Waals surface area contributed by atoms with Crippen molar-refractivity contribution in [3.05, 3.63) is 78.9 Å². The summed E-state index contributed by atoms with van der Waals surface area (Å²) in [5.41, 5.74) is 1.00. The highest BCUT2D eigenvalue weighted by molar-refractivity contribution is 8.00. The first kappa shape index (κ1) is 14.4. The van der Waals surface area contributed by atoms with Gasteiger partial charge in [0, 0.05) is 11.4 Å². The second-order valence-corrected chi connectivity index (χ2v) is 5.43. The van der Waals surface area contributed by atoms with Crippen molar-refractivity contribution in [2.24, 2.45) is 0 Å². The molecule has 0 radical (unpaired) electrons. The molecule has 0 aliphatic heterocycles. The van der Waals surface area contributed by atoms with Crippen LogP contribution in [0.25, 0.3) is 0 Å². The minimum absolute atomic E-state index is 0.00459. The second kappa shape index (κ2) is 7.56. The number of carbonyl (C=O) groups is 1. The van der Waals surface area contributed by atoms with Gasteiger partial charge in [-0.25, -0.2) is 0 Å². The normalized spacial score (nSPS) is 11.6. The van der Waals surface area contributed by atoms with E-state index in [4.69, 9.17) is 0 Å². The van der Waals surface area contributed by atoms with Gasteiger partial charge in [-0.1, -0.05) is 54.6 Å². The van der Waals surface area contributed by atoms with Crippen LogP contribution < -0.4 is 5.32 Å². The molecule has 0 aliphatic rings. The first-order chi connectivity index (χ1) is 9.81. The van der Waals surface area contributed by atoms with Crippen LogP contribution in [-0.2, 0) is 4.79 Å². The molecule has 2 nitrogen and oxygen atoms in total. The van der Waals surface area contributed by atoms with E-state index in [1.807, 2.05) is 60.7 Å². The standard InChI is InChI=1S/C17H17NOS/c1-2-13-18-17(19)16(14-9-5-3-6-10-14)20-15-11-7-4-8-12-15/h2-12,16H,1,13H2,(H,18,19). The Bertz CT molecular complexity index is 554. The van der Waals surface area contributed by atoms with Crippen molar-refractivity contribution < 1.29 is 4.79 Å². The molecule has 1 atom stereocenters. The zero-order valence-corrected chi connectivity index (χ0v) is 12.0. The predicted octanol–water partition coefficient (Wildman–Crippen LogP) is 3.82. The van der Waals surface area contributed by atoms with Crippen LogP contribution >= 0.6 is 11.8 Å². The minimum atomic E-state index is -0.251. The molecule has 0 saturated carbocycles. The highest BCUT2D eigenvalue weighted by Gasteiger charge is 2.21. The van der Waals surface area contributed by atoms with Crippen molar-refractivity contribution in [1.82, 2.24) is 5.32 Å². The van der Waals surface area contributed by atoms with Crippen LogP contribution in [0.2, 0.25) is 0 Å². The summed E-state index contributed by atoms with van der Waals surface area (Å²) in [4.78, 5) is 13.4. The number of amides is 1. The molecule has 1 N–H and O–H groups in total. The van der Waals surface area contributed by atoms with Gasteiger partial charge in [-0.15, -0.1) is 18.3 Å². The molecule has 0 bridgehead atoms. The van der Waals surface area contributed by atoms with Crippen LogP contribution in [0, 0.1) is 0 Å². The fourth-order valence-corrected chi connectivity index (χ4v) is 2.87. The SMILES string of the molecule is C=CCNC(=O)C(Sc1ccccc1)c1ccccc1. The first-order valence-corrected chi connectivity index (χ1v) is 7.34. The number of carbonyl (C=O) groups excluding carboxylic acids is 1. The van der Waals surface area contributed by atoms with E-state index in [0.29, 0.717) is 6.54 Å². The third-order valence-corrected chi connectivity index (χ3v) is 4.02. The molecule has 102 valence electrons. The Labute approximate surface area is 123 Å². The summed E-state index contributed by atoms with van der Waals surface area (Å²) in [6.07, 6.45) is 1.69. The highest BCUT2D eigenvalue weighted by atomic mass is 32.2.